The number of rotatable bonds is 7. The molecule has 11 heteroatoms. The molecule has 0 saturated heterocycles. The number of carbonyl (C=O) groups is 2. The van der Waals surface area contributed by atoms with E-state index in [4.69, 9.17) is 0 Å². The molecule has 7 nitrogen and oxygen atoms in total. The van der Waals surface area contributed by atoms with Crippen LogP contribution in [-0.2, 0) is 36.9 Å². The zero-order chi connectivity index (χ0) is 21.9. The predicted molar refractivity (Wildman–Crippen MR) is 108 cm³/mol. The first-order valence-electron chi connectivity index (χ1n) is 9.69. The average Bonchev–Trinajstić information content (AvgIpc) is 3.27. The lowest BCUT2D eigenvalue weighted by Gasteiger charge is -2.12. The van der Waals surface area contributed by atoms with Crippen molar-refractivity contribution in [3.8, 4) is 0 Å². The Morgan fingerprint density at radius 2 is 1.97 bits per heavy atom. The van der Waals surface area contributed by atoms with Crippen LogP contribution in [-0.4, -0.2) is 35.7 Å². The Morgan fingerprint density at radius 3 is 2.63 bits per heavy atom. The molecule has 1 aliphatic carbocycles. The summed E-state index contributed by atoms with van der Waals surface area (Å²) in [4.78, 5) is 25.9. The summed E-state index contributed by atoms with van der Waals surface area (Å²) in [6, 6.07) is 0. The molecule has 0 aliphatic heterocycles. The van der Waals surface area contributed by atoms with Crippen LogP contribution in [0.4, 0.5) is 18.2 Å². The quantitative estimate of drug-likeness (QED) is 0.614. The van der Waals surface area contributed by atoms with Gasteiger partial charge in [0.25, 0.3) is 5.91 Å². The number of carbonyl (C=O) groups excluding carboxylic acids is 2. The summed E-state index contributed by atoms with van der Waals surface area (Å²) >= 11 is 1.40. The normalized spacial score (nSPS) is 13.8. The first-order valence-corrected chi connectivity index (χ1v) is 10.5. The molecule has 0 bridgehead atoms. The fourth-order valence-corrected chi connectivity index (χ4v) is 4.86. The van der Waals surface area contributed by atoms with Gasteiger partial charge in [-0.3, -0.25) is 14.3 Å². The highest BCUT2D eigenvalue weighted by Crippen LogP contribution is 2.38. The van der Waals surface area contributed by atoms with E-state index in [1.165, 1.54) is 17.5 Å². The number of thiophene rings is 1. The van der Waals surface area contributed by atoms with Gasteiger partial charge in [-0.1, -0.05) is 0 Å². The number of nitrogens with one attached hydrogen (secondary N) is 3. The van der Waals surface area contributed by atoms with Gasteiger partial charge in [-0.25, -0.2) is 0 Å². The van der Waals surface area contributed by atoms with E-state index in [2.05, 4.69) is 21.0 Å². The molecule has 0 saturated carbocycles. The van der Waals surface area contributed by atoms with Crippen LogP contribution in [0.3, 0.4) is 0 Å². The van der Waals surface area contributed by atoms with Gasteiger partial charge >= 0.3 is 6.18 Å². The maximum Gasteiger partial charge on any atom is 0.435 e. The van der Waals surface area contributed by atoms with Gasteiger partial charge in [-0.15, -0.1) is 11.3 Å². The van der Waals surface area contributed by atoms with Crippen molar-refractivity contribution in [2.45, 2.75) is 51.4 Å². The predicted octanol–water partition coefficient (Wildman–Crippen LogP) is 2.95. The highest BCUT2D eigenvalue weighted by molar-refractivity contribution is 7.17. The van der Waals surface area contributed by atoms with Gasteiger partial charge in [0, 0.05) is 43.2 Å². The van der Waals surface area contributed by atoms with E-state index >= 15 is 0 Å². The molecule has 0 radical (unpaired) electrons. The second-order valence-corrected chi connectivity index (χ2v) is 8.19. The summed E-state index contributed by atoms with van der Waals surface area (Å²) in [6.45, 7) is 0.0241. The Kier molecular flexibility index (Phi) is 6.81. The van der Waals surface area contributed by atoms with Crippen molar-refractivity contribution in [3.63, 3.8) is 0 Å². The number of alkyl halides is 3. The van der Waals surface area contributed by atoms with E-state index in [-0.39, 0.29) is 36.9 Å². The lowest BCUT2D eigenvalue weighted by Crippen LogP contribution is -2.22. The molecule has 2 heterocycles. The molecule has 0 fully saturated rings. The molecule has 2 amide bonds. The number of fused-ring (bicyclic) bond motifs is 1. The average molecular weight is 443 g/mol. The summed E-state index contributed by atoms with van der Waals surface area (Å²) in [5.41, 5.74) is 0.558. The largest absolute Gasteiger partial charge is 0.435 e. The molecule has 3 N–H and O–H groups in total. The van der Waals surface area contributed by atoms with Crippen LogP contribution in [0.1, 0.15) is 51.3 Å². The van der Waals surface area contributed by atoms with Crippen molar-refractivity contribution < 1.29 is 22.8 Å². The highest BCUT2D eigenvalue weighted by atomic mass is 32.1. The second-order valence-electron chi connectivity index (χ2n) is 7.09. The minimum atomic E-state index is -4.56. The topological polar surface area (TPSA) is 88.0 Å². The third kappa shape index (κ3) is 4.84. The van der Waals surface area contributed by atoms with Crippen molar-refractivity contribution in [2.75, 3.05) is 19.4 Å². The Hall–Kier alpha value is -2.40. The fraction of sp³-hybridized carbons (Fsp3) is 0.526. The maximum absolute atomic E-state index is 13.1. The Labute approximate surface area is 176 Å². The summed E-state index contributed by atoms with van der Waals surface area (Å²) in [5.74, 6) is -0.624. The number of hydrogen-bond acceptors (Lipinski definition) is 5. The molecule has 0 spiro atoms. The van der Waals surface area contributed by atoms with Crippen LogP contribution in [0, 0.1) is 0 Å². The van der Waals surface area contributed by atoms with E-state index in [0.29, 0.717) is 10.6 Å². The van der Waals surface area contributed by atoms with E-state index in [1.54, 1.807) is 14.1 Å². The van der Waals surface area contributed by atoms with Crippen LogP contribution < -0.4 is 16.0 Å². The fourth-order valence-electron chi connectivity index (χ4n) is 3.56. The number of anilines is 1. The lowest BCUT2D eigenvalue weighted by atomic mass is 9.95. The molecule has 0 unspecified atom stereocenters. The molecule has 2 aromatic rings. The molecule has 1 aliphatic rings. The van der Waals surface area contributed by atoms with Gasteiger partial charge in [0.1, 0.15) is 5.00 Å². The molecular weight excluding hydrogens is 419 g/mol. The molecule has 3 rings (SSSR count). The van der Waals surface area contributed by atoms with Crippen LogP contribution in [0.2, 0.25) is 0 Å². The third-order valence-corrected chi connectivity index (χ3v) is 6.13. The van der Waals surface area contributed by atoms with Crippen LogP contribution in [0.5, 0.6) is 0 Å². The number of amides is 2. The summed E-state index contributed by atoms with van der Waals surface area (Å²) < 4.78 is 40.5. The number of aromatic nitrogens is 2. The molecule has 0 aromatic carbocycles. The smallest absolute Gasteiger partial charge is 0.355 e. The van der Waals surface area contributed by atoms with E-state index in [9.17, 15) is 22.8 Å². The van der Waals surface area contributed by atoms with E-state index in [1.807, 2.05) is 0 Å². The maximum atomic E-state index is 13.1. The Bertz CT molecular complexity index is 935. The number of aryl methyl sites for hydroxylation is 2. The summed E-state index contributed by atoms with van der Waals surface area (Å²) in [5, 5.41) is 12.2. The standard InChI is InChI=1S/C19H24F3N5O2S/c1-23-9-11-10-27(26-16(11)19(20,21)22)8-7-14(28)25-18-15(17(29)24-2)12-5-3-4-6-13(12)30-18/h10,23H,3-9H2,1-2H3,(H,24,29)(H,25,28). The molecular formula is C19H24F3N5O2S. The Balaban J connectivity index is 1.71. The van der Waals surface area contributed by atoms with Gasteiger partial charge in [0.05, 0.1) is 5.56 Å². The van der Waals surface area contributed by atoms with E-state index < -0.39 is 11.9 Å². The van der Waals surface area contributed by atoms with Gasteiger partial charge in [0.15, 0.2) is 5.69 Å². The van der Waals surface area contributed by atoms with Crippen LogP contribution in [0.25, 0.3) is 0 Å². The molecule has 164 valence electrons. The first-order chi connectivity index (χ1) is 14.2. The van der Waals surface area contributed by atoms with Gasteiger partial charge in [-0.05, 0) is 38.3 Å². The van der Waals surface area contributed by atoms with Crippen molar-refractivity contribution >= 4 is 28.2 Å². The second kappa shape index (κ2) is 9.17. The van der Waals surface area contributed by atoms with Gasteiger partial charge in [-0.2, -0.15) is 18.3 Å². The van der Waals surface area contributed by atoms with Crippen molar-refractivity contribution in [2.24, 2.45) is 0 Å². The van der Waals surface area contributed by atoms with Crippen molar-refractivity contribution in [3.05, 3.63) is 33.5 Å². The van der Waals surface area contributed by atoms with Crippen LogP contribution in [0.15, 0.2) is 6.20 Å². The van der Waals surface area contributed by atoms with Crippen molar-refractivity contribution in [1.29, 1.82) is 0 Å². The lowest BCUT2D eigenvalue weighted by molar-refractivity contribution is -0.142. The molecule has 0 atom stereocenters. The first kappa shape index (κ1) is 22.3. The number of halogens is 3. The minimum Gasteiger partial charge on any atom is -0.355 e. The number of hydrogen-bond donors (Lipinski definition) is 3. The zero-order valence-electron chi connectivity index (χ0n) is 16.8. The minimum absolute atomic E-state index is 0.000968. The zero-order valence-corrected chi connectivity index (χ0v) is 17.6. The van der Waals surface area contributed by atoms with Gasteiger partial charge < -0.3 is 16.0 Å². The summed E-state index contributed by atoms with van der Waals surface area (Å²) in [7, 11) is 3.09. The van der Waals surface area contributed by atoms with Crippen LogP contribution >= 0.6 is 11.3 Å². The monoisotopic (exact) mass is 443 g/mol. The molecule has 2 aromatic heterocycles. The highest BCUT2D eigenvalue weighted by Gasteiger charge is 2.37. The number of nitrogens with zero attached hydrogens (tertiary/aromatic N) is 2. The van der Waals surface area contributed by atoms with Crippen molar-refractivity contribution in [1.82, 2.24) is 20.4 Å². The van der Waals surface area contributed by atoms with E-state index in [0.717, 1.165) is 40.8 Å². The summed E-state index contributed by atoms with van der Waals surface area (Å²) in [6.07, 6.45) is 0.396. The Morgan fingerprint density at radius 1 is 1.23 bits per heavy atom. The molecule has 30 heavy (non-hydrogen) atoms. The third-order valence-electron chi connectivity index (χ3n) is 4.92. The SMILES string of the molecule is CNCc1cn(CCC(=O)Nc2sc3c(c2C(=O)NC)CCCC3)nc1C(F)(F)F. The van der Waals surface area contributed by atoms with Gasteiger partial charge in [0.2, 0.25) is 5.91 Å².